The maximum atomic E-state index is 12.0. The van der Waals surface area contributed by atoms with Gasteiger partial charge in [0.1, 0.15) is 5.01 Å². The number of nitrogens with zero attached hydrogens (tertiary/aromatic N) is 3. The first-order chi connectivity index (χ1) is 10.7. The van der Waals surface area contributed by atoms with Crippen molar-refractivity contribution in [2.45, 2.75) is 32.6 Å². The van der Waals surface area contributed by atoms with Crippen LogP contribution in [0.3, 0.4) is 0 Å². The van der Waals surface area contributed by atoms with Gasteiger partial charge >= 0.3 is 0 Å². The van der Waals surface area contributed by atoms with Crippen molar-refractivity contribution in [1.29, 1.82) is 0 Å². The van der Waals surface area contributed by atoms with Crippen molar-refractivity contribution in [3.8, 4) is 0 Å². The number of amides is 1. The Hall–Kier alpha value is -1.86. The zero-order valence-electron chi connectivity index (χ0n) is 12.2. The number of hydrogen-bond donors (Lipinski definition) is 1. The van der Waals surface area contributed by atoms with Crippen LogP contribution in [-0.4, -0.2) is 21.1 Å². The minimum atomic E-state index is -0.0431. The Morgan fingerprint density at radius 2 is 2.00 bits per heavy atom. The van der Waals surface area contributed by atoms with Crippen molar-refractivity contribution >= 4 is 43.9 Å². The van der Waals surface area contributed by atoms with Crippen molar-refractivity contribution < 1.29 is 4.79 Å². The number of benzene rings is 1. The molecule has 114 valence electrons. The molecule has 1 aromatic carbocycles. The predicted molar refractivity (Wildman–Crippen MR) is 90.5 cm³/mol. The fourth-order valence-corrected chi connectivity index (χ4v) is 3.87. The van der Waals surface area contributed by atoms with E-state index in [-0.39, 0.29) is 5.91 Å². The van der Waals surface area contributed by atoms with Crippen LogP contribution in [0.25, 0.3) is 10.2 Å². The van der Waals surface area contributed by atoms with Gasteiger partial charge in [-0.1, -0.05) is 30.4 Å². The summed E-state index contributed by atoms with van der Waals surface area (Å²) in [6, 6.07) is 8.02. The molecule has 0 aliphatic heterocycles. The number of rotatable bonds is 6. The SMILES string of the molecule is CCCc1nnc(NC(=O)CCc2nc3ccccc3s2)s1. The van der Waals surface area contributed by atoms with Crippen LogP contribution in [0, 0.1) is 0 Å². The first kappa shape index (κ1) is 15.1. The summed E-state index contributed by atoms with van der Waals surface area (Å²) >= 11 is 3.08. The highest BCUT2D eigenvalue weighted by atomic mass is 32.1. The van der Waals surface area contributed by atoms with Crippen molar-refractivity contribution in [2.24, 2.45) is 0 Å². The van der Waals surface area contributed by atoms with Gasteiger partial charge in [-0.2, -0.15) is 0 Å². The van der Waals surface area contributed by atoms with E-state index in [1.165, 1.54) is 11.3 Å². The Morgan fingerprint density at radius 1 is 1.14 bits per heavy atom. The Kier molecular flexibility index (Phi) is 4.74. The number of carbonyl (C=O) groups excluding carboxylic acids is 1. The Labute approximate surface area is 136 Å². The molecular weight excluding hydrogens is 316 g/mol. The van der Waals surface area contributed by atoms with Crippen LogP contribution in [0.1, 0.15) is 29.8 Å². The van der Waals surface area contributed by atoms with E-state index in [4.69, 9.17) is 0 Å². The minimum Gasteiger partial charge on any atom is -0.301 e. The maximum absolute atomic E-state index is 12.0. The molecule has 0 spiro atoms. The summed E-state index contributed by atoms with van der Waals surface area (Å²) in [6.07, 6.45) is 2.98. The van der Waals surface area contributed by atoms with Crippen LogP contribution in [0.4, 0.5) is 5.13 Å². The highest BCUT2D eigenvalue weighted by Crippen LogP contribution is 2.23. The average molecular weight is 332 g/mol. The number of carbonyl (C=O) groups is 1. The molecule has 0 saturated carbocycles. The number of nitrogens with one attached hydrogen (secondary N) is 1. The van der Waals surface area contributed by atoms with Gasteiger partial charge in [-0.25, -0.2) is 4.98 Å². The summed E-state index contributed by atoms with van der Waals surface area (Å²) in [5.74, 6) is -0.0431. The topological polar surface area (TPSA) is 67.8 Å². The third-order valence-electron chi connectivity index (χ3n) is 3.08. The summed E-state index contributed by atoms with van der Waals surface area (Å²) in [5, 5.41) is 13.4. The smallest absolute Gasteiger partial charge is 0.226 e. The normalized spacial score (nSPS) is 11.0. The van der Waals surface area contributed by atoms with E-state index in [1.54, 1.807) is 11.3 Å². The fraction of sp³-hybridized carbons (Fsp3) is 0.333. The quantitative estimate of drug-likeness (QED) is 0.748. The van der Waals surface area contributed by atoms with Gasteiger partial charge < -0.3 is 5.32 Å². The number of anilines is 1. The van der Waals surface area contributed by atoms with Gasteiger partial charge in [-0.3, -0.25) is 4.79 Å². The zero-order valence-corrected chi connectivity index (χ0v) is 13.8. The van der Waals surface area contributed by atoms with E-state index in [1.807, 2.05) is 24.3 Å². The molecule has 0 fully saturated rings. The van der Waals surface area contributed by atoms with Crippen LogP contribution in [-0.2, 0) is 17.6 Å². The molecule has 0 unspecified atom stereocenters. The Bertz CT molecular complexity index is 748. The third kappa shape index (κ3) is 3.66. The molecule has 1 N–H and O–H groups in total. The third-order valence-corrected chi connectivity index (χ3v) is 5.08. The monoisotopic (exact) mass is 332 g/mol. The Morgan fingerprint density at radius 3 is 2.82 bits per heavy atom. The molecule has 0 aliphatic carbocycles. The van der Waals surface area contributed by atoms with Gasteiger partial charge in [0.25, 0.3) is 0 Å². The molecule has 3 aromatic rings. The molecular formula is C15H16N4OS2. The fourth-order valence-electron chi connectivity index (χ4n) is 2.05. The number of aromatic nitrogens is 3. The first-order valence-corrected chi connectivity index (χ1v) is 8.84. The molecule has 1 amide bonds. The number of fused-ring (bicyclic) bond motifs is 1. The van der Waals surface area contributed by atoms with Crippen LogP contribution >= 0.6 is 22.7 Å². The minimum absolute atomic E-state index is 0.0431. The predicted octanol–water partition coefficient (Wildman–Crippen LogP) is 3.67. The number of para-hydroxylation sites is 1. The van der Waals surface area contributed by atoms with Crippen molar-refractivity contribution in [1.82, 2.24) is 15.2 Å². The molecule has 22 heavy (non-hydrogen) atoms. The van der Waals surface area contributed by atoms with Gasteiger partial charge in [-0.15, -0.1) is 21.5 Å². The van der Waals surface area contributed by atoms with Crippen LogP contribution in [0.5, 0.6) is 0 Å². The van der Waals surface area contributed by atoms with E-state index >= 15 is 0 Å². The summed E-state index contributed by atoms with van der Waals surface area (Å²) < 4.78 is 1.16. The van der Waals surface area contributed by atoms with E-state index in [2.05, 4.69) is 27.4 Å². The molecule has 7 heteroatoms. The maximum Gasteiger partial charge on any atom is 0.226 e. The second-order valence-corrected chi connectivity index (χ2v) is 7.05. The average Bonchev–Trinajstić information content (AvgIpc) is 3.12. The Balaban J connectivity index is 1.55. The van der Waals surface area contributed by atoms with Crippen molar-refractivity contribution in [2.75, 3.05) is 5.32 Å². The van der Waals surface area contributed by atoms with Gasteiger partial charge in [0.15, 0.2) is 0 Å². The summed E-state index contributed by atoms with van der Waals surface area (Å²) in [6.45, 7) is 2.09. The zero-order chi connectivity index (χ0) is 15.4. The van der Waals surface area contributed by atoms with E-state index in [0.717, 1.165) is 33.1 Å². The summed E-state index contributed by atoms with van der Waals surface area (Å²) in [5.41, 5.74) is 0.997. The van der Waals surface area contributed by atoms with E-state index in [0.29, 0.717) is 18.0 Å². The lowest BCUT2D eigenvalue weighted by molar-refractivity contribution is -0.116. The van der Waals surface area contributed by atoms with Gasteiger partial charge in [0, 0.05) is 19.3 Å². The van der Waals surface area contributed by atoms with E-state index < -0.39 is 0 Å². The first-order valence-electron chi connectivity index (χ1n) is 7.21. The van der Waals surface area contributed by atoms with Crippen LogP contribution in [0.15, 0.2) is 24.3 Å². The lowest BCUT2D eigenvalue weighted by Crippen LogP contribution is -2.12. The van der Waals surface area contributed by atoms with Crippen LogP contribution in [0.2, 0.25) is 0 Å². The highest BCUT2D eigenvalue weighted by molar-refractivity contribution is 7.18. The summed E-state index contributed by atoms with van der Waals surface area (Å²) in [7, 11) is 0. The summed E-state index contributed by atoms with van der Waals surface area (Å²) in [4.78, 5) is 16.5. The van der Waals surface area contributed by atoms with E-state index in [9.17, 15) is 4.79 Å². The molecule has 3 rings (SSSR count). The van der Waals surface area contributed by atoms with Crippen molar-refractivity contribution in [3.05, 3.63) is 34.3 Å². The van der Waals surface area contributed by atoms with Crippen molar-refractivity contribution in [3.63, 3.8) is 0 Å². The highest BCUT2D eigenvalue weighted by Gasteiger charge is 2.10. The molecule has 5 nitrogen and oxygen atoms in total. The lowest BCUT2D eigenvalue weighted by atomic mass is 10.3. The second-order valence-electron chi connectivity index (χ2n) is 4.87. The standard InChI is InChI=1S/C15H16N4OS2/c1-2-5-14-18-19-15(22-14)17-12(20)8-9-13-16-10-6-3-4-7-11(10)21-13/h3-4,6-7H,2,5,8-9H2,1H3,(H,17,19,20). The molecule has 0 saturated heterocycles. The molecule has 0 atom stereocenters. The molecule has 0 aliphatic rings. The molecule has 0 bridgehead atoms. The van der Waals surface area contributed by atoms with Crippen LogP contribution < -0.4 is 5.32 Å². The van der Waals surface area contributed by atoms with Gasteiger partial charge in [-0.05, 0) is 18.6 Å². The molecule has 2 aromatic heterocycles. The number of thiazole rings is 1. The second kappa shape index (κ2) is 6.93. The molecule has 2 heterocycles. The lowest BCUT2D eigenvalue weighted by Gasteiger charge is -1.98. The van der Waals surface area contributed by atoms with Gasteiger partial charge in [0.05, 0.1) is 15.2 Å². The largest absolute Gasteiger partial charge is 0.301 e. The molecule has 0 radical (unpaired) electrons. The van der Waals surface area contributed by atoms with Gasteiger partial charge in [0.2, 0.25) is 11.0 Å². The number of aryl methyl sites for hydroxylation is 2. The number of hydrogen-bond acceptors (Lipinski definition) is 6.